The normalized spacial score (nSPS) is 13.6. The number of benzene rings is 1. The molecule has 0 unspecified atom stereocenters. The van der Waals surface area contributed by atoms with Crippen molar-refractivity contribution in [3.63, 3.8) is 0 Å². The summed E-state index contributed by atoms with van der Waals surface area (Å²) < 4.78 is 10.1. The molecule has 0 radical (unpaired) electrons. The van der Waals surface area contributed by atoms with Crippen molar-refractivity contribution in [3.05, 3.63) is 30.0 Å². The SMILES string of the molecule is COc1ccc(NC(=O)C(=O)Nc2cc(C)on2)cc1N1CCCC1=O. The van der Waals surface area contributed by atoms with Gasteiger partial charge in [-0.2, -0.15) is 0 Å². The second-order valence-corrected chi connectivity index (χ2v) is 5.77. The lowest BCUT2D eigenvalue weighted by Crippen LogP contribution is -2.29. The third-order valence-electron chi connectivity index (χ3n) is 3.88. The number of aromatic nitrogens is 1. The number of carbonyl (C=O) groups excluding carboxylic acids is 3. The molecule has 3 amide bonds. The maximum absolute atomic E-state index is 12.1. The average molecular weight is 358 g/mol. The van der Waals surface area contributed by atoms with Gasteiger partial charge in [0, 0.05) is 24.7 Å². The zero-order valence-corrected chi connectivity index (χ0v) is 14.4. The summed E-state index contributed by atoms with van der Waals surface area (Å²) in [5.41, 5.74) is 0.928. The Bertz CT molecular complexity index is 861. The molecule has 1 aromatic carbocycles. The molecule has 2 aromatic rings. The first-order chi connectivity index (χ1) is 12.5. The first-order valence-electron chi connectivity index (χ1n) is 8.02. The number of rotatable bonds is 4. The summed E-state index contributed by atoms with van der Waals surface area (Å²) in [6.07, 6.45) is 1.23. The Morgan fingerprint density at radius 3 is 2.62 bits per heavy atom. The zero-order chi connectivity index (χ0) is 18.7. The van der Waals surface area contributed by atoms with E-state index in [0.717, 1.165) is 6.42 Å². The van der Waals surface area contributed by atoms with Gasteiger partial charge in [-0.1, -0.05) is 5.16 Å². The van der Waals surface area contributed by atoms with E-state index in [-0.39, 0.29) is 11.7 Å². The monoisotopic (exact) mass is 358 g/mol. The van der Waals surface area contributed by atoms with Gasteiger partial charge < -0.3 is 19.5 Å². The Balaban J connectivity index is 1.73. The van der Waals surface area contributed by atoms with Gasteiger partial charge in [0.15, 0.2) is 5.82 Å². The van der Waals surface area contributed by atoms with E-state index in [0.29, 0.717) is 35.9 Å². The molecule has 9 nitrogen and oxygen atoms in total. The van der Waals surface area contributed by atoms with Crippen LogP contribution in [-0.4, -0.2) is 36.5 Å². The second-order valence-electron chi connectivity index (χ2n) is 5.77. The highest BCUT2D eigenvalue weighted by Gasteiger charge is 2.25. The number of anilines is 3. The molecule has 26 heavy (non-hydrogen) atoms. The summed E-state index contributed by atoms with van der Waals surface area (Å²) in [5, 5.41) is 8.43. The highest BCUT2D eigenvalue weighted by atomic mass is 16.5. The Morgan fingerprint density at radius 1 is 1.23 bits per heavy atom. The number of carbonyl (C=O) groups is 3. The Morgan fingerprint density at radius 2 is 2.00 bits per heavy atom. The molecule has 2 heterocycles. The maximum atomic E-state index is 12.1. The summed E-state index contributed by atoms with van der Waals surface area (Å²) in [6.45, 7) is 2.25. The van der Waals surface area contributed by atoms with Crippen LogP contribution in [0.3, 0.4) is 0 Å². The molecule has 1 aliphatic heterocycles. The fourth-order valence-corrected chi connectivity index (χ4v) is 2.67. The van der Waals surface area contributed by atoms with Crippen LogP contribution < -0.4 is 20.3 Å². The standard InChI is InChI=1S/C17H18N4O5/c1-10-8-14(20-26-10)19-17(24)16(23)18-11-5-6-13(25-2)12(9-11)21-7-3-4-15(21)22/h5-6,8-9H,3-4,7H2,1-2H3,(H,18,23)(H,19,20,24). The fraction of sp³-hybridized carbons (Fsp3) is 0.294. The zero-order valence-electron chi connectivity index (χ0n) is 14.4. The van der Waals surface area contributed by atoms with Crippen molar-refractivity contribution in [3.8, 4) is 5.75 Å². The molecule has 0 aliphatic carbocycles. The van der Waals surface area contributed by atoms with Crippen LogP contribution in [0.25, 0.3) is 0 Å². The molecule has 9 heteroatoms. The molecular weight excluding hydrogens is 340 g/mol. The number of hydrogen-bond donors (Lipinski definition) is 2. The molecule has 0 spiro atoms. The number of amides is 3. The van der Waals surface area contributed by atoms with Crippen molar-refractivity contribution in [1.82, 2.24) is 5.16 Å². The molecule has 3 rings (SSSR count). The third kappa shape index (κ3) is 3.66. The van der Waals surface area contributed by atoms with Crippen LogP contribution in [0.4, 0.5) is 17.2 Å². The topological polar surface area (TPSA) is 114 Å². The van der Waals surface area contributed by atoms with Gasteiger partial charge in [-0.15, -0.1) is 0 Å². The van der Waals surface area contributed by atoms with Crippen LogP contribution in [0.1, 0.15) is 18.6 Å². The Hall–Kier alpha value is -3.36. The van der Waals surface area contributed by atoms with Gasteiger partial charge in [0.1, 0.15) is 11.5 Å². The van der Waals surface area contributed by atoms with Crippen molar-refractivity contribution in [1.29, 1.82) is 0 Å². The minimum Gasteiger partial charge on any atom is -0.495 e. The van der Waals surface area contributed by atoms with E-state index < -0.39 is 11.8 Å². The van der Waals surface area contributed by atoms with Crippen LogP contribution in [0.15, 0.2) is 28.8 Å². The molecule has 2 N–H and O–H groups in total. The maximum Gasteiger partial charge on any atom is 0.315 e. The van der Waals surface area contributed by atoms with E-state index in [2.05, 4.69) is 15.8 Å². The first kappa shape index (κ1) is 17.5. The summed E-state index contributed by atoms with van der Waals surface area (Å²) in [4.78, 5) is 37.6. The van der Waals surface area contributed by atoms with Crippen molar-refractivity contribution < 1.29 is 23.6 Å². The smallest absolute Gasteiger partial charge is 0.315 e. The highest BCUT2D eigenvalue weighted by Crippen LogP contribution is 2.34. The molecule has 0 saturated carbocycles. The first-order valence-corrected chi connectivity index (χ1v) is 8.02. The third-order valence-corrected chi connectivity index (χ3v) is 3.88. The molecule has 1 saturated heterocycles. The van der Waals surface area contributed by atoms with Crippen LogP contribution >= 0.6 is 0 Å². The predicted molar refractivity (Wildman–Crippen MR) is 93.1 cm³/mol. The van der Waals surface area contributed by atoms with Crippen molar-refractivity contribution >= 4 is 34.9 Å². The van der Waals surface area contributed by atoms with Crippen molar-refractivity contribution in [2.24, 2.45) is 0 Å². The molecule has 1 aliphatic rings. The summed E-state index contributed by atoms with van der Waals surface area (Å²) in [7, 11) is 1.50. The van der Waals surface area contributed by atoms with Gasteiger partial charge in [-0.3, -0.25) is 19.7 Å². The number of aryl methyl sites for hydroxylation is 1. The van der Waals surface area contributed by atoms with E-state index in [1.165, 1.54) is 13.2 Å². The summed E-state index contributed by atoms with van der Waals surface area (Å²) in [6, 6.07) is 6.33. The van der Waals surface area contributed by atoms with Crippen molar-refractivity contribution in [2.45, 2.75) is 19.8 Å². The van der Waals surface area contributed by atoms with Gasteiger partial charge in [0.25, 0.3) is 0 Å². The van der Waals surface area contributed by atoms with Crippen LogP contribution in [-0.2, 0) is 14.4 Å². The molecule has 1 fully saturated rings. The minimum absolute atomic E-state index is 0.00841. The fourth-order valence-electron chi connectivity index (χ4n) is 2.67. The minimum atomic E-state index is -0.882. The van der Waals surface area contributed by atoms with E-state index in [1.54, 1.807) is 30.0 Å². The van der Waals surface area contributed by atoms with E-state index in [1.807, 2.05) is 0 Å². The molecule has 0 atom stereocenters. The number of nitrogens with zero attached hydrogens (tertiary/aromatic N) is 2. The summed E-state index contributed by atoms with van der Waals surface area (Å²) >= 11 is 0. The molecular formula is C17H18N4O5. The van der Waals surface area contributed by atoms with Gasteiger partial charge in [0.2, 0.25) is 5.91 Å². The van der Waals surface area contributed by atoms with E-state index in [9.17, 15) is 14.4 Å². The van der Waals surface area contributed by atoms with Gasteiger partial charge >= 0.3 is 11.8 Å². The lowest BCUT2D eigenvalue weighted by atomic mass is 10.2. The van der Waals surface area contributed by atoms with Gasteiger partial charge in [0.05, 0.1) is 12.8 Å². The number of hydrogen-bond acceptors (Lipinski definition) is 6. The van der Waals surface area contributed by atoms with E-state index >= 15 is 0 Å². The second kappa shape index (κ2) is 7.26. The summed E-state index contributed by atoms with van der Waals surface area (Å²) in [5.74, 6) is -0.578. The molecule has 1 aromatic heterocycles. The van der Waals surface area contributed by atoms with Crippen molar-refractivity contribution in [2.75, 3.05) is 29.2 Å². The van der Waals surface area contributed by atoms with Gasteiger partial charge in [-0.05, 0) is 31.5 Å². The molecule has 136 valence electrons. The number of methoxy groups -OCH3 is 1. The lowest BCUT2D eigenvalue weighted by molar-refractivity contribution is -0.133. The van der Waals surface area contributed by atoms with Crippen LogP contribution in [0, 0.1) is 6.92 Å². The predicted octanol–water partition coefficient (Wildman–Crippen LogP) is 1.70. The highest BCUT2D eigenvalue weighted by molar-refractivity contribution is 6.43. The average Bonchev–Trinajstić information content (AvgIpc) is 3.22. The number of nitrogens with one attached hydrogen (secondary N) is 2. The molecule has 0 bridgehead atoms. The Labute approximate surface area is 149 Å². The number of ether oxygens (including phenoxy) is 1. The lowest BCUT2D eigenvalue weighted by Gasteiger charge is -2.20. The van der Waals surface area contributed by atoms with Crippen LogP contribution in [0.2, 0.25) is 0 Å². The largest absolute Gasteiger partial charge is 0.495 e. The van der Waals surface area contributed by atoms with E-state index in [4.69, 9.17) is 9.26 Å². The quantitative estimate of drug-likeness (QED) is 0.804. The Kier molecular flexibility index (Phi) is 4.87. The van der Waals surface area contributed by atoms with Crippen LogP contribution in [0.5, 0.6) is 5.75 Å². The van der Waals surface area contributed by atoms with Gasteiger partial charge in [-0.25, -0.2) is 0 Å².